The lowest BCUT2D eigenvalue weighted by Crippen LogP contribution is -2.68. The minimum atomic E-state index is -2.86. The molecule has 0 radical (unpaired) electrons. The molecular weight excluding hydrogens is 562 g/mol. The van der Waals surface area contributed by atoms with Gasteiger partial charge in [0, 0.05) is 4.91 Å². The van der Waals surface area contributed by atoms with Gasteiger partial charge < -0.3 is 28.1 Å². The Bertz CT molecular complexity index is 1350. The summed E-state index contributed by atoms with van der Waals surface area (Å²) in [5.41, 5.74) is 10.4. The molecule has 3 aromatic rings. The largest absolute Gasteiger partial charge is 0.497 e. The van der Waals surface area contributed by atoms with Gasteiger partial charge in [0.15, 0.2) is 12.1 Å². The highest BCUT2D eigenvalue weighted by molar-refractivity contribution is 6.99. The lowest BCUT2D eigenvalue weighted by Gasteiger charge is -2.45. The van der Waals surface area contributed by atoms with Gasteiger partial charge in [-0.2, -0.15) is 0 Å². The second kappa shape index (κ2) is 12.8. The van der Waals surface area contributed by atoms with Crippen LogP contribution in [0.1, 0.15) is 40.2 Å². The van der Waals surface area contributed by atoms with E-state index in [0.717, 1.165) is 11.3 Å². The number of azide groups is 1. The van der Waals surface area contributed by atoms with Crippen LogP contribution in [0.4, 0.5) is 0 Å². The summed E-state index contributed by atoms with van der Waals surface area (Å²) in [6, 6.07) is 27.8. The molecule has 2 fully saturated rings. The fourth-order valence-electron chi connectivity index (χ4n) is 6.17. The molecule has 10 heteroatoms. The first-order valence-electron chi connectivity index (χ1n) is 14.6. The molecule has 0 amide bonds. The van der Waals surface area contributed by atoms with E-state index >= 15 is 0 Å². The normalized spacial score (nSPS) is 25.0. The molecular formula is C33H41N3O6Si. The minimum absolute atomic E-state index is 0.214. The standard InChI is InChI=1S/C33H41N3O6Si/c1-32(2,3)43(25-13-9-7-10-14-25,26-15-11-8-12-16-26)39-22-27-29-30(42-33(4,5)41-29)28(35-36-34)31(40-27)38-21-23-17-19-24(37-6)20-18-23/h7-20,27-31H,21-22H2,1-6H3/t27-,28-,29+,30-,31+/m1/s1. The Morgan fingerprint density at radius 2 is 1.47 bits per heavy atom. The number of ether oxygens (including phenoxy) is 5. The maximum Gasteiger partial charge on any atom is 0.261 e. The van der Waals surface area contributed by atoms with Gasteiger partial charge in [0.2, 0.25) is 0 Å². The van der Waals surface area contributed by atoms with Gasteiger partial charge >= 0.3 is 0 Å². The van der Waals surface area contributed by atoms with Crippen molar-refractivity contribution in [2.45, 2.75) is 82.7 Å². The Hall–Kier alpha value is -3.21. The highest BCUT2D eigenvalue weighted by Gasteiger charge is 2.57. The van der Waals surface area contributed by atoms with E-state index in [0.29, 0.717) is 0 Å². The summed E-state index contributed by atoms with van der Waals surface area (Å²) < 4.78 is 38.1. The summed E-state index contributed by atoms with van der Waals surface area (Å²) in [6.07, 6.45) is -2.51. The van der Waals surface area contributed by atoms with Crippen LogP contribution in [0.15, 0.2) is 90.0 Å². The second-order valence-electron chi connectivity index (χ2n) is 12.4. The van der Waals surface area contributed by atoms with Crippen molar-refractivity contribution in [2.24, 2.45) is 5.11 Å². The first kappa shape index (κ1) is 31.2. The van der Waals surface area contributed by atoms with Crippen molar-refractivity contribution in [1.82, 2.24) is 0 Å². The molecule has 228 valence electrons. The van der Waals surface area contributed by atoms with Crippen molar-refractivity contribution >= 4 is 18.7 Å². The lowest BCUT2D eigenvalue weighted by molar-refractivity contribution is -0.249. The quantitative estimate of drug-likeness (QED) is 0.127. The van der Waals surface area contributed by atoms with E-state index in [2.05, 4.69) is 79.3 Å². The van der Waals surface area contributed by atoms with Crippen LogP contribution in [0.25, 0.3) is 10.4 Å². The van der Waals surface area contributed by atoms with Gasteiger partial charge in [0.25, 0.3) is 8.32 Å². The average Bonchev–Trinajstić information content (AvgIpc) is 3.33. The van der Waals surface area contributed by atoms with E-state index in [9.17, 15) is 5.53 Å². The highest BCUT2D eigenvalue weighted by atomic mass is 28.4. The molecule has 0 aliphatic carbocycles. The predicted molar refractivity (Wildman–Crippen MR) is 167 cm³/mol. The molecule has 2 aliphatic heterocycles. The van der Waals surface area contributed by atoms with Gasteiger partial charge in [-0.1, -0.05) is 98.7 Å². The molecule has 2 heterocycles. The molecule has 2 saturated heterocycles. The zero-order valence-corrected chi connectivity index (χ0v) is 26.7. The van der Waals surface area contributed by atoms with Crippen LogP contribution in [0.2, 0.25) is 5.04 Å². The van der Waals surface area contributed by atoms with Crippen molar-refractivity contribution < 1.29 is 28.1 Å². The summed E-state index contributed by atoms with van der Waals surface area (Å²) >= 11 is 0. The molecule has 0 N–H and O–H groups in total. The Morgan fingerprint density at radius 3 is 2.00 bits per heavy atom. The van der Waals surface area contributed by atoms with E-state index < -0.39 is 44.7 Å². The summed E-state index contributed by atoms with van der Waals surface area (Å²) in [5, 5.41) is 6.19. The van der Waals surface area contributed by atoms with E-state index in [1.165, 1.54) is 10.4 Å². The maximum absolute atomic E-state index is 9.46. The van der Waals surface area contributed by atoms with Gasteiger partial charge in [-0.3, -0.25) is 0 Å². The fraction of sp³-hybridized carbons (Fsp3) is 0.455. The van der Waals surface area contributed by atoms with Crippen molar-refractivity contribution in [2.75, 3.05) is 13.7 Å². The van der Waals surface area contributed by atoms with Crippen LogP contribution in [0.5, 0.6) is 5.75 Å². The first-order valence-corrected chi connectivity index (χ1v) is 16.5. The number of nitrogens with zero attached hydrogens (tertiary/aromatic N) is 3. The topological polar surface area (TPSA) is 104 Å². The average molecular weight is 604 g/mol. The number of hydrogen-bond acceptors (Lipinski definition) is 7. The molecule has 2 aliphatic rings. The van der Waals surface area contributed by atoms with Crippen LogP contribution in [-0.2, 0) is 30.0 Å². The van der Waals surface area contributed by atoms with Crippen molar-refractivity contribution in [3.05, 3.63) is 101 Å². The van der Waals surface area contributed by atoms with Crippen LogP contribution >= 0.6 is 0 Å². The fourth-order valence-corrected chi connectivity index (χ4v) is 10.7. The number of hydrogen-bond donors (Lipinski definition) is 0. The molecule has 0 bridgehead atoms. The Morgan fingerprint density at radius 1 is 0.884 bits per heavy atom. The molecule has 0 saturated carbocycles. The lowest BCUT2D eigenvalue weighted by atomic mass is 9.98. The van der Waals surface area contributed by atoms with E-state index in [-0.39, 0.29) is 18.3 Å². The third-order valence-electron chi connectivity index (χ3n) is 8.09. The van der Waals surface area contributed by atoms with Crippen LogP contribution < -0.4 is 15.1 Å². The molecule has 9 nitrogen and oxygen atoms in total. The van der Waals surface area contributed by atoms with E-state index in [1.807, 2.05) is 50.2 Å². The van der Waals surface area contributed by atoms with E-state index in [1.54, 1.807) is 7.11 Å². The summed E-state index contributed by atoms with van der Waals surface area (Å²) in [5.74, 6) is -0.144. The maximum atomic E-state index is 9.46. The second-order valence-corrected chi connectivity index (χ2v) is 16.7. The Balaban J connectivity index is 1.47. The first-order chi connectivity index (χ1) is 20.6. The van der Waals surface area contributed by atoms with Gasteiger partial charge in [-0.25, -0.2) is 0 Å². The number of benzene rings is 3. The van der Waals surface area contributed by atoms with Crippen LogP contribution in [0.3, 0.4) is 0 Å². The van der Waals surface area contributed by atoms with E-state index in [4.69, 9.17) is 28.1 Å². The third kappa shape index (κ3) is 6.51. The van der Waals surface area contributed by atoms with Gasteiger partial charge in [0.05, 0.1) is 20.3 Å². The van der Waals surface area contributed by atoms with Gasteiger partial charge in [-0.15, -0.1) is 0 Å². The molecule has 5 rings (SSSR count). The zero-order chi connectivity index (χ0) is 30.7. The van der Waals surface area contributed by atoms with Crippen molar-refractivity contribution in [3.8, 4) is 5.75 Å². The highest BCUT2D eigenvalue weighted by Crippen LogP contribution is 2.41. The molecule has 5 atom stereocenters. The Labute approximate surface area is 254 Å². The molecule has 0 unspecified atom stereocenters. The molecule has 0 spiro atoms. The third-order valence-corrected chi connectivity index (χ3v) is 13.1. The molecule has 0 aromatic heterocycles. The predicted octanol–water partition coefficient (Wildman–Crippen LogP) is 5.71. The molecule has 3 aromatic carbocycles. The van der Waals surface area contributed by atoms with Crippen LogP contribution in [0, 0.1) is 0 Å². The minimum Gasteiger partial charge on any atom is -0.497 e. The monoisotopic (exact) mass is 603 g/mol. The number of fused-ring (bicyclic) bond motifs is 1. The summed E-state index contributed by atoms with van der Waals surface area (Å²) in [7, 11) is -1.23. The number of methoxy groups -OCH3 is 1. The van der Waals surface area contributed by atoms with Crippen LogP contribution in [-0.4, -0.2) is 58.5 Å². The van der Waals surface area contributed by atoms with Crippen molar-refractivity contribution in [3.63, 3.8) is 0 Å². The molecule has 43 heavy (non-hydrogen) atoms. The van der Waals surface area contributed by atoms with Crippen molar-refractivity contribution in [1.29, 1.82) is 0 Å². The Kier molecular flexibility index (Phi) is 9.29. The van der Waals surface area contributed by atoms with Gasteiger partial charge in [-0.05, 0) is 52.5 Å². The SMILES string of the molecule is COc1ccc(CO[C@H]2O[C@H](CO[Si](c3ccccc3)(c3ccccc3)C(C)(C)C)[C@@H]3OC(C)(C)O[C@@H]3[C@H]2N=[N+]=[N-])cc1. The van der Waals surface area contributed by atoms with Gasteiger partial charge in [0.1, 0.15) is 30.1 Å². The summed E-state index contributed by atoms with van der Waals surface area (Å²) in [6.45, 7) is 10.9. The smallest absolute Gasteiger partial charge is 0.261 e. The number of rotatable bonds is 10. The zero-order valence-electron chi connectivity index (χ0n) is 25.7. The summed E-state index contributed by atoms with van der Waals surface area (Å²) in [4.78, 5) is 3.11.